The Morgan fingerprint density at radius 1 is 1.17 bits per heavy atom. The van der Waals surface area contributed by atoms with Gasteiger partial charge in [0.2, 0.25) is 5.95 Å². The molecule has 24 heavy (non-hydrogen) atoms. The van der Waals surface area contributed by atoms with Crippen LogP contribution in [-0.2, 0) is 10.1 Å². The van der Waals surface area contributed by atoms with Crippen molar-refractivity contribution in [2.45, 2.75) is 4.90 Å². The van der Waals surface area contributed by atoms with Gasteiger partial charge >= 0.3 is 5.95 Å². The molecule has 2 aromatic rings. The van der Waals surface area contributed by atoms with E-state index in [0.717, 1.165) is 0 Å². The third-order valence-electron chi connectivity index (χ3n) is 3.21. The molecule has 0 aliphatic carbocycles. The highest BCUT2D eigenvalue weighted by atomic mass is 32.2. The van der Waals surface area contributed by atoms with Crippen molar-refractivity contribution in [3.05, 3.63) is 24.3 Å². The Morgan fingerprint density at radius 2 is 1.79 bits per heavy atom. The number of hydrogen-bond acceptors (Lipinski definition) is 8. The second-order valence-electron chi connectivity index (χ2n) is 5.50. The molecule has 2 rings (SSSR count). The summed E-state index contributed by atoms with van der Waals surface area (Å²) >= 11 is 0. The van der Waals surface area contributed by atoms with E-state index in [4.69, 9.17) is 9.66 Å². The fourth-order valence-electron chi connectivity index (χ4n) is 1.86. The Bertz CT molecular complexity index is 823. The van der Waals surface area contributed by atoms with E-state index in [9.17, 15) is 13.5 Å². The zero-order valence-corrected chi connectivity index (χ0v) is 13.9. The molecule has 0 saturated heterocycles. The van der Waals surface area contributed by atoms with Crippen LogP contribution in [0.2, 0.25) is 0 Å². The molecule has 130 valence electrons. The zero-order chi connectivity index (χ0) is 18.0. The van der Waals surface area contributed by atoms with Gasteiger partial charge in [0.25, 0.3) is 10.1 Å². The fraction of sp³-hybridized carbons (Fsp3) is 0.308. The van der Waals surface area contributed by atoms with Crippen LogP contribution in [0.25, 0.3) is 0 Å². The molecule has 1 aromatic heterocycles. The lowest BCUT2D eigenvalue weighted by Gasteiger charge is -2.26. The van der Waals surface area contributed by atoms with Gasteiger partial charge in [-0.05, 0) is 24.3 Å². The molecule has 11 heteroatoms. The van der Waals surface area contributed by atoms with Gasteiger partial charge in [-0.2, -0.15) is 13.4 Å². The molecular weight excluding hydrogens is 338 g/mol. The Labute approximate surface area is 138 Å². The second-order valence-corrected chi connectivity index (χ2v) is 6.92. The number of quaternary nitrogens is 1. The van der Waals surface area contributed by atoms with E-state index < -0.39 is 16.1 Å². The minimum atomic E-state index is -4.28. The van der Waals surface area contributed by atoms with Crippen LogP contribution in [0.4, 0.5) is 17.6 Å². The van der Waals surface area contributed by atoms with Gasteiger partial charge in [0.05, 0.1) is 31.6 Å². The van der Waals surface area contributed by atoms with Crippen LogP contribution in [0, 0.1) is 0 Å². The predicted octanol–water partition coefficient (Wildman–Crippen LogP) is -0.505. The van der Waals surface area contributed by atoms with Crippen molar-refractivity contribution >= 4 is 27.7 Å². The second kappa shape index (κ2) is 6.65. The molecule has 0 bridgehead atoms. The number of rotatable bonds is 6. The molecule has 1 aromatic carbocycles. The van der Waals surface area contributed by atoms with Gasteiger partial charge in [-0.3, -0.25) is 9.04 Å². The molecule has 1 heterocycles. The van der Waals surface area contributed by atoms with Crippen LogP contribution in [0.1, 0.15) is 0 Å². The summed E-state index contributed by atoms with van der Waals surface area (Å²) in [6, 6.07) is 4.45. The first-order valence-corrected chi connectivity index (χ1v) is 8.28. The zero-order valence-electron chi connectivity index (χ0n) is 13.0. The molecule has 0 aliphatic heterocycles. The number of aliphatic hydroxyl groups excluding tert-OH is 1. The van der Waals surface area contributed by atoms with E-state index in [1.807, 2.05) is 0 Å². The molecular formula is C13H17N5O5S. The molecule has 3 N–H and O–H groups in total. The van der Waals surface area contributed by atoms with E-state index in [2.05, 4.69) is 20.3 Å². The molecule has 0 fully saturated rings. The molecule has 0 spiro atoms. The number of likely N-dealkylation sites (N-methyl/N-ethyl adjacent to an activating group) is 1. The summed E-state index contributed by atoms with van der Waals surface area (Å²) in [5, 5.41) is 23.5. The molecule has 10 nitrogen and oxygen atoms in total. The Hall–Kier alpha value is -2.34. The highest BCUT2D eigenvalue weighted by Crippen LogP contribution is 2.20. The minimum Gasteiger partial charge on any atom is -0.844 e. The average molecular weight is 355 g/mol. The summed E-state index contributed by atoms with van der Waals surface area (Å²) in [6.07, 6.45) is 0. The molecule has 0 amide bonds. The Balaban J connectivity index is 2.28. The van der Waals surface area contributed by atoms with E-state index in [-0.39, 0.29) is 27.9 Å². The van der Waals surface area contributed by atoms with Gasteiger partial charge in [-0.25, -0.2) is 4.98 Å². The topological polar surface area (TPSA) is 148 Å². The van der Waals surface area contributed by atoms with E-state index in [0.29, 0.717) is 12.2 Å². The molecule has 0 atom stereocenters. The van der Waals surface area contributed by atoms with Gasteiger partial charge in [-0.1, -0.05) is 0 Å². The van der Waals surface area contributed by atoms with Crippen LogP contribution in [-0.4, -0.2) is 60.3 Å². The van der Waals surface area contributed by atoms with Crippen molar-refractivity contribution in [2.75, 3.05) is 32.6 Å². The van der Waals surface area contributed by atoms with E-state index in [1.54, 1.807) is 14.1 Å². The summed E-state index contributed by atoms with van der Waals surface area (Å²) in [4.78, 5) is 11.3. The predicted molar refractivity (Wildman–Crippen MR) is 84.4 cm³/mol. The highest BCUT2D eigenvalue weighted by Gasteiger charge is 2.23. The maximum atomic E-state index is 11.7. The normalized spacial score (nSPS) is 12.2. The lowest BCUT2D eigenvalue weighted by Crippen LogP contribution is -2.44. The van der Waals surface area contributed by atoms with Crippen molar-refractivity contribution in [3.63, 3.8) is 0 Å². The van der Waals surface area contributed by atoms with Crippen LogP contribution < -0.4 is 14.9 Å². The van der Waals surface area contributed by atoms with Gasteiger partial charge < -0.3 is 15.5 Å². The summed E-state index contributed by atoms with van der Waals surface area (Å²) < 4.78 is 31.0. The number of nitrogens with one attached hydrogen (secondary N) is 1. The highest BCUT2D eigenvalue weighted by molar-refractivity contribution is 7.85. The third-order valence-corrected chi connectivity index (χ3v) is 4.08. The molecule has 0 unspecified atom stereocenters. The van der Waals surface area contributed by atoms with Gasteiger partial charge in [0.1, 0.15) is 6.54 Å². The van der Waals surface area contributed by atoms with Crippen molar-refractivity contribution in [2.24, 2.45) is 0 Å². The van der Waals surface area contributed by atoms with Crippen LogP contribution in [0.15, 0.2) is 29.2 Å². The lowest BCUT2D eigenvalue weighted by molar-refractivity contribution is -0.281. The van der Waals surface area contributed by atoms with E-state index in [1.165, 1.54) is 24.3 Å². The molecule has 0 radical (unpaired) electrons. The van der Waals surface area contributed by atoms with Crippen molar-refractivity contribution in [1.82, 2.24) is 19.4 Å². The summed E-state index contributed by atoms with van der Waals surface area (Å²) in [5.41, 5.74) is 0.423. The van der Waals surface area contributed by atoms with Crippen molar-refractivity contribution in [3.8, 4) is 6.01 Å². The number of aliphatic hydroxyl groups is 1. The van der Waals surface area contributed by atoms with Crippen LogP contribution >= 0.6 is 0 Å². The van der Waals surface area contributed by atoms with Gasteiger partial charge in [0, 0.05) is 5.69 Å². The lowest BCUT2D eigenvalue weighted by atomic mass is 10.3. The summed E-state index contributed by atoms with van der Waals surface area (Å²) in [7, 11) is -0.813. The van der Waals surface area contributed by atoms with Crippen LogP contribution in [0.3, 0.4) is 0 Å². The quantitative estimate of drug-likeness (QED) is 0.460. The summed E-state index contributed by atoms with van der Waals surface area (Å²) in [6.45, 7) is 0.207. The SMILES string of the molecule is C[N+](C)(CCO)c1nc([O-])nc(Nc2ccc(S(=O)(=O)O)cc2)n1. The van der Waals surface area contributed by atoms with Crippen LogP contribution in [0.5, 0.6) is 6.01 Å². The maximum absolute atomic E-state index is 11.7. The number of hydrogen-bond donors (Lipinski definition) is 3. The van der Waals surface area contributed by atoms with E-state index >= 15 is 0 Å². The Kier molecular flexibility index (Phi) is 4.99. The molecule has 0 aliphatic rings. The smallest absolute Gasteiger partial charge is 0.332 e. The number of benzene rings is 1. The van der Waals surface area contributed by atoms with Gasteiger partial charge in [-0.15, -0.1) is 4.98 Å². The average Bonchev–Trinajstić information content (AvgIpc) is 2.46. The first-order valence-electron chi connectivity index (χ1n) is 6.84. The maximum Gasteiger partial charge on any atom is 0.332 e. The number of anilines is 2. The monoisotopic (exact) mass is 355 g/mol. The summed E-state index contributed by atoms with van der Waals surface area (Å²) in [5.74, 6) is 0.176. The Morgan fingerprint density at radius 3 is 2.33 bits per heavy atom. The van der Waals surface area contributed by atoms with Crippen molar-refractivity contribution < 1.29 is 23.2 Å². The first-order chi connectivity index (χ1) is 11.1. The third kappa shape index (κ3) is 4.35. The fourth-order valence-corrected chi connectivity index (χ4v) is 2.34. The van der Waals surface area contributed by atoms with Gasteiger partial charge in [0.15, 0.2) is 0 Å². The van der Waals surface area contributed by atoms with Crippen molar-refractivity contribution in [1.29, 1.82) is 0 Å². The number of nitrogens with zero attached hydrogens (tertiary/aromatic N) is 4. The first kappa shape index (κ1) is 18.0. The largest absolute Gasteiger partial charge is 0.844 e. The minimum absolute atomic E-state index is 0.00579. The molecule has 0 saturated carbocycles. The number of aromatic nitrogens is 3. The standard InChI is InChI=1S/C13H17N5O5S/c1-18(2,7-8-19)12-15-11(16-13(20)17-12)14-9-3-5-10(6-4-9)24(21,22)23/h3-6,19H,7-8H2,1-2H3,(H2-,14,15,16,17,20,21,22,23).